The van der Waals surface area contributed by atoms with E-state index in [4.69, 9.17) is 0 Å². The maximum Gasteiger partial charge on any atom is 0.00160 e. The molecule has 1 fully saturated rings. The summed E-state index contributed by atoms with van der Waals surface area (Å²) in [5.74, 6) is 2.52. The van der Waals surface area contributed by atoms with Gasteiger partial charge in [0.1, 0.15) is 0 Å². The Morgan fingerprint density at radius 1 is 1.13 bits per heavy atom. The Morgan fingerprint density at radius 2 is 1.67 bits per heavy atom. The van der Waals surface area contributed by atoms with Crippen molar-refractivity contribution >= 4 is 9.93 Å². The molecule has 0 N–H and O–H groups in total. The molecule has 1 saturated heterocycles. The number of rotatable bonds is 1. The topological polar surface area (TPSA) is 17.1 Å². The highest BCUT2D eigenvalue weighted by Crippen LogP contribution is 2.30. The molecule has 84 valence electrons. The standard InChI is InChI=1S/C13H20OS/c1-11-3-5-12(6-4-11)13-7-9-15(2,14)10-8-13/h3-6,13,15H,7-10H2,1-2H3. The molecule has 1 nitrogen and oxygen atoms in total. The van der Waals surface area contributed by atoms with Crippen LogP contribution in [0.2, 0.25) is 0 Å². The van der Waals surface area contributed by atoms with Crippen LogP contribution in [0.15, 0.2) is 24.3 Å². The molecule has 2 rings (SSSR count). The summed E-state index contributed by atoms with van der Waals surface area (Å²) in [5, 5.41) is 0. The van der Waals surface area contributed by atoms with Crippen molar-refractivity contribution in [3.8, 4) is 0 Å². The van der Waals surface area contributed by atoms with Gasteiger partial charge in [0.05, 0.1) is 0 Å². The summed E-state index contributed by atoms with van der Waals surface area (Å²) in [6, 6.07) is 8.81. The van der Waals surface area contributed by atoms with E-state index in [-0.39, 0.29) is 0 Å². The minimum Gasteiger partial charge on any atom is -0.285 e. The molecule has 1 aliphatic heterocycles. The van der Waals surface area contributed by atoms with Crippen LogP contribution in [0.5, 0.6) is 0 Å². The molecular weight excluding hydrogens is 204 g/mol. The fraction of sp³-hybridized carbons (Fsp3) is 0.538. The summed E-state index contributed by atoms with van der Waals surface area (Å²) < 4.78 is 11.9. The summed E-state index contributed by atoms with van der Waals surface area (Å²) in [6.45, 7) is 2.12. The third kappa shape index (κ3) is 2.69. The lowest BCUT2D eigenvalue weighted by Crippen LogP contribution is -2.27. The van der Waals surface area contributed by atoms with Crippen LogP contribution < -0.4 is 0 Å². The molecule has 1 aromatic carbocycles. The third-order valence-electron chi connectivity index (χ3n) is 3.45. The normalized spacial score (nSPS) is 27.2. The number of hydrogen-bond donors (Lipinski definition) is 1. The number of benzene rings is 1. The smallest absolute Gasteiger partial charge is 0.00160 e. The molecule has 0 radical (unpaired) electrons. The molecular formula is C13H20OS. The summed E-state index contributed by atoms with van der Waals surface area (Å²) in [5.41, 5.74) is 2.75. The van der Waals surface area contributed by atoms with E-state index < -0.39 is 9.93 Å². The Hall–Kier alpha value is -0.630. The van der Waals surface area contributed by atoms with Crippen molar-refractivity contribution in [3.63, 3.8) is 0 Å². The summed E-state index contributed by atoms with van der Waals surface area (Å²) >= 11 is 0. The van der Waals surface area contributed by atoms with Gasteiger partial charge < -0.3 is 0 Å². The molecule has 1 heterocycles. The van der Waals surface area contributed by atoms with Crippen LogP contribution in [0.4, 0.5) is 0 Å². The molecule has 2 heteroatoms. The van der Waals surface area contributed by atoms with Crippen molar-refractivity contribution in [1.82, 2.24) is 0 Å². The van der Waals surface area contributed by atoms with Crippen LogP contribution in [-0.2, 0) is 9.93 Å². The first-order valence-electron chi connectivity index (χ1n) is 5.69. The fourth-order valence-corrected chi connectivity index (χ4v) is 4.23. The van der Waals surface area contributed by atoms with Gasteiger partial charge in [0.25, 0.3) is 0 Å². The summed E-state index contributed by atoms with van der Waals surface area (Å²) in [7, 11) is -1.75. The highest BCUT2D eigenvalue weighted by Gasteiger charge is 2.22. The molecule has 0 spiro atoms. The molecule has 0 aliphatic carbocycles. The lowest BCUT2D eigenvalue weighted by atomic mass is 9.93. The minimum atomic E-state index is -1.75. The van der Waals surface area contributed by atoms with Crippen LogP contribution in [0, 0.1) is 6.92 Å². The lowest BCUT2D eigenvalue weighted by molar-refractivity contribution is 0.597. The van der Waals surface area contributed by atoms with Crippen molar-refractivity contribution < 1.29 is 4.21 Å². The maximum absolute atomic E-state index is 11.9. The van der Waals surface area contributed by atoms with E-state index >= 15 is 0 Å². The van der Waals surface area contributed by atoms with Gasteiger partial charge in [0, 0.05) is 11.5 Å². The van der Waals surface area contributed by atoms with Crippen molar-refractivity contribution in [2.24, 2.45) is 0 Å². The second-order valence-corrected chi connectivity index (χ2v) is 8.42. The van der Waals surface area contributed by atoms with Crippen LogP contribution in [0.3, 0.4) is 0 Å². The third-order valence-corrected chi connectivity index (χ3v) is 5.86. The van der Waals surface area contributed by atoms with Gasteiger partial charge in [0.15, 0.2) is 0 Å². The molecule has 0 atom stereocenters. The Bertz CT molecular complexity index is 368. The Kier molecular flexibility index (Phi) is 2.96. The first kappa shape index (κ1) is 10.9. The van der Waals surface area contributed by atoms with E-state index in [9.17, 15) is 4.21 Å². The number of hydrogen-bond acceptors (Lipinski definition) is 1. The van der Waals surface area contributed by atoms with Gasteiger partial charge in [-0.2, -0.15) is 0 Å². The SMILES string of the molecule is Cc1ccc(C2CC[SH](C)(=O)CC2)cc1. The number of aryl methyl sites for hydroxylation is 1. The van der Waals surface area contributed by atoms with Gasteiger partial charge in [-0.15, -0.1) is 9.93 Å². The average molecular weight is 224 g/mol. The van der Waals surface area contributed by atoms with E-state index in [0.717, 1.165) is 24.3 Å². The molecule has 1 aromatic rings. The summed E-state index contributed by atoms with van der Waals surface area (Å²) in [6.07, 6.45) is 4.17. The average Bonchev–Trinajstić information content (AvgIpc) is 2.20. The first-order chi connectivity index (χ1) is 7.07. The number of thiol groups is 1. The molecule has 0 saturated carbocycles. The van der Waals surface area contributed by atoms with Gasteiger partial charge in [-0.3, -0.25) is 4.21 Å². The second-order valence-electron chi connectivity index (χ2n) is 4.93. The van der Waals surface area contributed by atoms with E-state index in [1.165, 1.54) is 11.1 Å². The van der Waals surface area contributed by atoms with Crippen LogP contribution >= 0.6 is 0 Å². The lowest BCUT2D eigenvalue weighted by Gasteiger charge is -2.30. The van der Waals surface area contributed by atoms with Crippen LogP contribution in [0.25, 0.3) is 0 Å². The van der Waals surface area contributed by atoms with Crippen molar-refractivity contribution in [1.29, 1.82) is 0 Å². The maximum atomic E-state index is 11.9. The predicted octanol–water partition coefficient (Wildman–Crippen LogP) is 2.52. The Labute approximate surface area is 93.3 Å². The predicted molar refractivity (Wildman–Crippen MR) is 68.3 cm³/mol. The van der Waals surface area contributed by atoms with E-state index in [0.29, 0.717) is 5.92 Å². The van der Waals surface area contributed by atoms with Crippen molar-refractivity contribution in [2.75, 3.05) is 17.8 Å². The minimum absolute atomic E-state index is 0.646. The molecule has 1 aliphatic rings. The van der Waals surface area contributed by atoms with Gasteiger partial charge in [-0.1, -0.05) is 29.8 Å². The zero-order valence-electron chi connectivity index (χ0n) is 9.57. The van der Waals surface area contributed by atoms with Gasteiger partial charge in [-0.05, 0) is 37.5 Å². The largest absolute Gasteiger partial charge is 0.285 e. The molecule has 0 aromatic heterocycles. The highest BCUT2D eigenvalue weighted by molar-refractivity contribution is 8.02. The van der Waals surface area contributed by atoms with E-state index in [2.05, 4.69) is 31.2 Å². The van der Waals surface area contributed by atoms with E-state index in [1.807, 2.05) is 6.26 Å². The van der Waals surface area contributed by atoms with Crippen molar-refractivity contribution in [2.45, 2.75) is 25.7 Å². The monoisotopic (exact) mass is 224 g/mol. The van der Waals surface area contributed by atoms with Gasteiger partial charge >= 0.3 is 0 Å². The van der Waals surface area contributed by atoms with Crippen LogP contribution in [-0.4, -0.2) is 22.0 Å². The fourth-order valence-electron chi connectivity index (χ4n) is 2.29. The van der Waals surface area contributed by atoms with Gasteiger partial charge in [-0.25, -0.2) is 0 Å². The Balaban J connectivity index is 2.07. The zero-order chi connectivity index (χ0) is 10.9. The first-order valence-corrected chi connectivity index (χ1v) is 8.21. The quantitative estimate of drug-likeness (QED) is 0.725. The van der Waals surface area contributed by atoms with E-state index in [1.54, 1.807) is 0 Å². The molecule has 0 bridgehead atoms. The van der Waals surface area contributed by atoms with Crippen molar-refractivity contribution in [3.05, 3.63) is 35.4 Å². The Morgan fingerprint density at radius 3 is 2.20 bits per heavy atom. The molecule has 15 heavy (non-hydrogen) atoms. The molecule has 0 amide bonds. The molecule has 0 unspecified atom stereocenters. The zero-order valence-corrected chi connectivity index (χ0v) is 10.5. The van der Waals surface area contributed by atoms with Gasteiger partial charge in [0.2, 0.25) is 0 Å². The second kappa shape index (κ2) is 4.09. The highest BCUT2D eigenvalue weighted by atomic mass is 32.2. The summed E-state index contributed by atoms with van der Waals surface area (Å²) in [4.78, 5) is 0. The van der Waals surface area contributed by atoms with Crippen LogP contribution in [0.1, 0.15) is 29.9 Å².